The molecule has 2 nitrogen and oxygen atoms in total. The number of ether oxygens (including phenoxy) is 1. The van der Waals surface area contributed by atoms with Crippen LogP contribution < -0.4 is 5.32 Å². The van der Waals surface area contributed by atoms with E-state index in [1.807, 2.05) is 0 Å². The largest absolute Gasteiger partial charge is 0.374 e. The first kappa shape index (κ1) is 15.5. The predicted octanol–water partition coefficient (Wildman–Crippen LogP) is 4.42. The minimum atomic E-state index is -0.0838. The fraction of sp³-hybridized carbons (Fsp3) is 0.667. The quantitative estimate of drug-likeness (QED) is 0.830. The van der Waals surface area contributed by atoms with Gasteiger partial charge in [-0.3, -0.25) is 0 Å². The highest BCUT2D eigenvalue weighted by atomic mass is 16.5. The number of rotatable bonds is 6. The fourth-order valence-electron chi connectivity index (χ4n) is 2.59. The predicted molar refractivity (Wildman–Crippen MR) is 85.2 cm³/mol. The van der Waals surface area contributed by atoms with Crippen LogP contribution in [-0.2, 0) is 4.74 Å². The summed E-state index contributed by atoms with van der Waals surface area (Å²) >= 11 is 0. The Morgan fingerprint density at radius 2 is 1.85 bits per heavy atom. The lowest BCUT2D eigenvalue weighted by Crippen LogP contribution is -2.30. The molecule has 20 heavy (non-hydrogen) atoms. The summed E-state index contributed by atoms with van der Waals surface area (Å²) in [4.78, 5) is 0. The maximum Gasteiger partial charge on any atom is 0.0668 e. The molecule has 1 fully saturated rings. The van der Waals surface area contributed by atoms with Crippen molar-refractivity contribution in [2.45, 2.75) is 64.5 Å². The van der Waals surface area contributed by atoms with Crippen LogP contribution in [0.3, 0.4) is 0 Å². The molecule has 112 valence electrons. The highest BCUT2D eigenvalue weighted by molar-refractivity contribution is 5.28. The third-order valence-electron chi connectivity index (χ3n) is 4.05. The molecule has 1 aliphatic rings. The highest BCUT2D eigenvalue weighted by Crippen LogP contribution is 2.36. The lowest BCUT2D eigenvalue weighted by Gasteiger charge is -2.27. The Morgan fingerprint density at radius 3 is 2.30 bits per heavy atom. The van der Waals surface area contributed by atoms with Gasteiger partial charge in [-0.05, 0) is 57.2 Å². The van der Waals surface area contributed by atoms with Crippen LogP contribution in [0.4, 0.5) is 0 Å². The molecular weight excluding hydrogens is 246 g/mol. The van der Waals surface area contributed by atoms with Crippen molar-refractivity contribution >= 4 is 0 Å². The van der Waals surface area contributed by atoms with Gasteiger partial charge < -0.3 is 10.1 Å². The van der Waals surface area contributed by atoms with E-state index in [0.29, 0.717) is 0 Å². The van der Waals surface area contributed by atoms with Crippen molar-refractivity contribution in [2.24, 2.45) is 0 Å². The Labute approximate surface area is 123 Å². The third-order valence-corrected chi connectivity index (χ3v) is 4.05. The number of likely N-dealkylation sites (N-methyl/N-ethyl adjacent to an activating group) is 1. The first-order valence-corrected chi connectivity index (χ1v) is 7.97. The molecule has 0 aromatic heterocycles. The average Bonchev–Trinajstić information content (AvgIpc) is 2.32. The zero-order chi connectivity index (χ0) is 14.6. The number of hydrogen-bond acceptors (Lipinski definition) is 2. The molecule has 0 amide bonds. The van der Waals surface area contributed by atoms with Gasteiger partial charge in [0.2, 0.25) is 0 Å². The van der Waals surface area contributed by atoms with E-state index in [-0.39, 0.29) is 11.6 Å². The van der Waals surface area contributed by atoms with E-state index in [2.05, 4.69) is 57.3 Å². The summed E-state index contributed by atoms with van der Waals surface area (Å²) in [6.45, 7) is 10.1. The molecule has 0 spiro atoms. The SMILES string of the molecule is CCNC(COC(C)(C)C)c1ccc(C2CCC2)cc1. The summed E-state index contributed by atoms with van der Waals surface area (Å²) in [5.74, 6) is 0.812. The average molecular weight is 275 g/mol. The van der Waals surface area contributed by atoms with E-state index in [0.717, 1.165) is 19.1 Å². The summed E-state index contributed by atoms with van der Waals surface area (Å²) in [5, 5.41) is 3.52. The van der Waals surface area contributed by atoms with E-state index in [1.165, 1.54) is 30.4 Å². The Morgan fingerprint density at radius 1 is 1.20 bits per heavy atom. The number of hydrogen-bond donors (Lipinski definition) is 1. The first-order valence-electron chi connectivity index (χ1n) is 7.97. The molecule has 2 heteroatoms. The van der Waals surface area contributed by atoms with Gasteiger partial charge in [0.05, 0.1) is 18.2 Å². The van der Waals surface area contributed by atoms with Crippen molar-refractivity contribution in [1.29, 1.82) is 0 Å². The summed E-state index contributed by atoms with van der Waals surface area (Å²) in [6, 6.07) is 9.44. The van der Waals surface area contributed by atoms with Crippen LogP contribution in [-0.4, -0.2) is 18.8 Å². The van der Waals surface area contributed by atoms with Crippen LogP contribution in [0.15, 0.2) is 24.3 Å². The number of nitrogens with one attached hydrogen (secondary N) is 1. The second kappa shape index (κ2) is 6.73. The van der Waals surface area contributed by atoms with Gasteiger partial charge in [0.1, 0.15) is 0 Å². The van der Waals surface area contributed by atoms with Gasteiger partial charge >= 0.3 is 0 Å². The van der Waals surface area contributed by atoms with Crippen LogP contribution >= 0.6 is 0 Å². The molecule has 1 saturated carbocycles. The standard InChI is InChI=1S/C18H29NO/c1-5-19-17(13-20-18(2,3)4)16-11-9-15(10-12-16)14-7-6-8-14/h9-12,14,17,19H,5-8,13H2,1-4H3. The minimum absolute atomic E-state index is 0.0838. The third kappa shape index (κ3) is 4.32. The van der Waals surface area contributed by atoms with Gasteiger partial charge in [0.15, 0.2) is 0 Å². The van der Waals surface area contributed by atoms with Crippen molar-refractivity contribution in [3.8, 4) is 0 Å². The van der Waals surface area contributed by atoms with Crippen molar-refractivity contribution in [1.82, 2.24) is 5.32 Å². The highest BCUT2D eigenvalue weighted by Gasteiger charge is 2.20. The molecule has 1 unspecified atom stereocenters. The number of benzene rings is 1. The van der Waals surface area contributed by atoms with Gasteiger partial charge in [0.25, 0.3) is 0 Å². The Kier molecular flexibility index (Phi) is 5.22. The summed E-state index contributed by atoms with van der Waals surface area (Å²) in [5.41, 5.74) is 2.76. The molecule has 0 radical (unpaired) electrons. The molecule has 0 bridgehead atoms. The van der Waals surface area contributed by atoms with Crippen molar-refractivity contribution in [2.75, 3.05) is 13.2 Å². The molecule has 1 aromatic carbocycles. The second-order valence-electron chi connectivity index (χ2n) is 6.83. The lowest BCUT2D eigenvalue weighted by atomic mass is 9.80. The van der Waals surface area contributed by atoms with Crippen LogP contribution in [0.5, 0.6) is 0 Å². The van der Waals surface area contributed by atoms with Crippen molar-refractivity contribution in [3.63, 3.8) is 0 Å². The van der Waals surface area contributed by atoms with Crippen LogP contribution in [0.2, 0.25) is 0 Å². The normalized spacial score (nSPS) is 17.8. The van der Waals surface area contributed by atoms with Crippen LogP contribution in [0, 0.1) is 0 Å². The molecule has 1 aromatic rings. The summed E-state index contributed by atoms with van der Waals surface area (Å²) in [6.07, 6.45) is 4.12. The molecule has 1 aliphatic carbocycles. The molecule has 1 N–H and O–H groups in total. The maximum absolute atomic E-state index is 5.95. The molecular formula is C18H29NO. The molecule has 0 heterocycles. The van der Waals surface area contributed by atoms with E-state index >= 15 is 0 Å². The van der Waals surface area contributed by atoms with Crippen molar-refractivity contribution in [3.05, 3.63) is 35.4 Å². The Bertz CT molecular complexity index is 400. The van der Waals surface area contributed by atoms with Gasteiger partial charge in [-0.15, -0.1) is 0 Å². The molecule has 1 atom stereocenters. The topological polar surface area (TPSA) is 21.3 Å². The van der Waals surface area contributed by atoms with Gasteiger partial charge in [-0.1, -0.05) is 37.6 Å². The van der Waals surface area contributed by atoms with E-state index in [9.17, 15) is 0 Å². The van der Waals surface area contributed by atoms with E-state index in [4.69, 9.17) is 4.74 Å². The van der Waals surface area contributed by atoms with Gasteiger partial charge in [-0.25, -0.2) is 0 Å². The fourth-order valence-corrected chi connectivity index (χ4v) is 2.59. The zero-order valence-corrected chi connectivity index (χ0v) is 13.4. The van der Waals surface area contributed by atoms with Gasteiger partial charge in [-0.2, -0.15) is 0 Å². The summed E-state index contributed by atoms with van der Waals surface area (Å²) < 4.78 is 5.95. The van der Waals surface area contributed by atoms with Gasteiger partial charge in [0, 0.05) is 0 Å². The van der Waals surface area contributed by atoms with Crippen LogP contribution in [0.1, 0.15) is 70.0 Å². The Balaban J connectivity index is 2.00. The first-order chi connectivity index (χ1) is 9.49. The second-order valence-corrected chi connectivity index (χ2v) is 6.83. The zero-order valence-electron chi connectivity index (χ0n) is 13.4. The smallest absolute Gasteiger partial charge is 0.0668 e. The Hall–Kier alpha value is -0.860. The minimum Gasteiger partial charge on any atom is -0.374 e. The summed E-state index contributed by atoms with van der Waals surface area (Å²) in [7, 11) is 0. The molecule has 0 aliphatic heterocycles. The molecule has 0 saturated heterocycles. The van der Waals surface area contributed by atoms with Crippen LogP contribution in [0.25, 0.3) is 0 Å². The molecule has 2 rings (SSSR count). The monoisotopic (exact) mass is 275 g/mol. The van der Waals surface area contributed by atoms with E-state index < -0.39 is 0 Å². The van der Waals surface area contributed by atoms with E-state index in [1.54, 1.807) is 0 Å². The lowest BCUT2D eigenvalue weighted by molar-refractivity contribution is -0.0146. The van der Waals surface area contributed by atoms with Crippen molar-refractivity contribution < 1.29 is 4.74 Å². The maximum atomic E-state index is 5.95.